The number of allylic oxidation sites excluding steroid dienone is 2. The van der Waals surface area contributed by atoms with Crippen LogP contribution >= 0.6 is 0 Å². The minimum atomic E-state index is 0.433. The molecule has 4 aliphatic carbocycles. The summed E-state index contributed by atoms with van der Waals surface area (Å²) >= 11 is 0. The number of rotatable bonds is 1. The molecule has 1 fully saturated rings. The monoisotopic (exact) mass is 294 g/mol. The van der Waals surface area contributed by atoms with Crippen LogP contribution in [0.2, 0.25) is 0 Å². The standard InChI is InChI=1S/C21H26O/c1-12-8-9-21-17-6-4-13(2)18(21)11-16-19(22-3)7-5-14(20(16)21)10-15(12)17/h4-7,12-13,15,17-18H,8-11H2,1-3H3/t12-,13?,15?,17?,18+,21-/m1/s1. The van der Waals surface area contributed by atoms with Gasteiger partial charge in [-0.25, -0.2) is 0 Å². The zero-order valence-corrected chi connectivity index (χ0v) is 13.9. The molecule has 1 aromatic carbocycles. The van der Waals surface area contributed by atoms with Crippen LogP contribution in [0.5, 0.6) is 5.75 Å². The maximum absolute atomic E-state index is 5.75. The Kier molecular flexibility index (Phi) is 2.52. The van der Waals surface area contributed by atoms with Gasteiger partial charge in [0.15, 0.2) is 0 Å². The molecule has 5 rings (SSSR count). The molecule has 1 nitrogen and oxygen atoms in total. The van der Waals surface area contributed by atoms with Gasteiger partial charge in [0.1, 0.15) is 5.75 Å². The Morgan fingerprint density at radius 3 is 2.82 bits per heavy atom. The van der Waals surface area contributed by atoms with Crippen molar-refractivity contribution in [3.05, 3.63) is 41.0 Å². The topological polar surface area (TPSA) is 9.23 Å². The van der Waals surface area contributed by atoms with Gasteiger partial charge in [0.05, 0.1) is 7.11 Å². The fraction of sp³-hybridized carbons (Fsp3) is 0.619. The highest BCUT2D eigenvalue weighted by molar-refractivity contribution is 5.57. The first-order chi connectivity index (χ1) is 10.7. The van der Waals surface area contributed by atoms with Gasteiger partial charge in [0, 0.05) is 5.41 Å². The molecule has 0 amide bonds. The molecule has 1 heteroatoms. The first-order valence-corrected chi connectivity index (χ1v) is 9.04. The molecule has 6 atom stereocenters. The molecule has 22 heavy (non-hydrogen) atoms. The average Bonchev–Trinajstić information content (AvgIpc) is 2.88. The van der Waals surface area contributed by atoms with Crippen LogP contribution < -0.4 is 4.74 Å². The highest BCUT2D eigenvalue weighted by atomic mass is 16.5. The van der Waals surface area contributed by atoms with Crippen LogP contribution in [0.15, 0.2) is 24.3 Å². The number of ether oxygens (including phenoxy) is 1. The highest BCUT2D eigenvalue weighted by Crippen LogP contribution is 2.66. The van der Waals surface area contributed by atoms with E-state index in [1.807, 2.05) is 7.11 Å². The van der Waals surface area contributed by atoms with Crippen molar-refractivity contribution in [1.82, 2.24) is 0 Å². The van der Waals surface area contributed by atoms with E-state index in [1.54, 1.807) is 16.7 Å². The number of benzene rings is 1. The van der Waals surface area contributed by atoms with Crippen LogP contribution in [0.1, 0.15) is 43.4 Å². The Hall–Kier alpha value is -1.24. The summed E-state index contributed by atoms with van der Waals surface area (Å²) in [6, 6.07) is 4.62. The second kappa shape index (κ2) is 4.19. The maximum Gasteiger partial charge on any atom is 0.122 e. The third-order valence-corrected chi connectivity index (χ3v) is 7.64. The van der Waals surface area contributed by atoms with Gasteiger partial charge in [-0.3, -0.25) is 0 Å². The molecular weight excluding hydrogens is 268 g/mol. The Labute approximate surface area is 133 Å². The zero-order chi connectivity index (χ0) is 15.1. The summed E-state index contributed by atoms with van der Waals surface area (Å²) in [6.07, 6.45) is 10.5. The third kappa shape index (κ3) is 1.33. The van der Waals surface area contributed by atoms with Crippen LogP contribution in [-0.4, -0.2) is 7.11 Å². The summed E-state index contributed by atoms with van der Waals surface area (Å²) in [5.74, 6) is 5.14. The summed E-state index contributed by atoms with van der Waals surface area (Å²) in [5.41, 5.74) is 5.36. The van der Waals surface area contributed by atoms with Crippen molar-refractivity contribution >= 4 is 0 Å². The predicted octanol–water partition coefficient (Wildman–Crippen LogP) is 4.53. The molecule has 0 heterocycles. The van der Waals surface area contributed by atoms with Crippen LogP contribution in [0, 0.1) is 29.6 Å². The minimum Gasteiger partial charge on any atom is -0.496 e. The van der Waals surface area contributed by atoms with Crippen LogP contribution in [0.4, 0.5) is 0 Å². The van der Waals surface area contributed by atoms with E-state index in [9.17, 15) is 0 Å². The predicted molar refractivity (Wildman–Crippen MR) is 89.3 cm³/mol. The SMILES string of the molecule is COc1ccc2c3c1C[C@H]1C(C)C=CC4C(C2)[C@H](C)CC[C@@]341. The molecule has 0 saturated heterocycles. The summed E-state index contributed by atoms with van der Waals surface area (Å²) in [4.78, 5) is 0. The Bertz CT molecular complexity index is 673. The lowest BCUT2D eigenvalue weighted by atomic mass is 9.46. The van der Waals surface area contributed by atoms with E-state index in [4.69, 9.17) is 4.74 Å². The van der Waals surface area contributed by atoms with Crippen LogP contribution in [0.25, 0.3) is 0 Å². The van der Waals surface area contributed by atoms with E-state index in [0.29, 0.717) is 11.3 Å². The van der Waals surface area contributed by atoms with Gasteiger partial charge in [-0.1, -0.05) is 32.1 Å². The fourth-order valence-electron chi connectivity index (χ4n) is 6.70. The largest absolute Gasteiger partial charge is 0.496 e. The Morgan fingerprint density at radius 1 is 1.14 bits per heavy atom. The molecule has 0 radical (unpaired) electrons. The molecular formula is C21H26O. The van der Waals surface area contributed by atoms with E-state index < -0.39 is 0 Å². The second-order valence-corrected chi connectivity index (χ2v) is 8.29. The molecule has 3 unspecified atom stereocenters. The first kappa shape index (κ1) is 13.2. The van der Waals surface area contributed by atoms with Crippen molar-refractivity contribution in [3.8, 4) is 5.75 Å². The van der Waals surface area contributed by atoms with Crippen molar-refractivity contribution in [2.24, 2.45) is 29.6 Å². The summed E-state index contributed by atoms with van der Waals surface area (Å²) in [5, 5.41) is 0. The van der Waals surface area contributed by atoms with Gasteiger partial charge < -0.3 is 4.74 Å². The Morgan fingerprint density at radius 2 is 2.00 bits per heavy atom. The van der Waals surface area contributed by atoms with E-state index in [0.717, 1.165) is 29.4 Å². The second-order valence-electron chi connectivity index (χ2n) is 8.29. The third-order valence-electron chi connectivity index (χ3n) is 7.64. The summed E-state index contributed by atoms with van der Waals surface area (Å²) in [6.45, 7) is 4.93. The summed E-state index contributed by atoms with van der Waals surface area (Å²) in [7, 11) is 1.84. The highest BCUT2D eigenvalue weighted by Gasteiger charge is 2.61. The first-order valence-electron chi connectivity index (χ1n) is 9.04. The molecule has 0 aromatic heterocycles. The molecule has 116 valence electrons. The number of methoxy groups -OCH3 is 1. The maximum atomic E-state index is 5.75. The van der Waals surface area contributed by atoms with Crippen molar-refractivity contribution in [2.75, 3.05) is 7.11 Å². The fourth-order valence-corrected chi connectivity index (χ4v) is 6.70. The summed E-state index contributed by atoms with van der Waals surface area (Å²) < 4.78 is 5.75. The number of hydrogen-bond donors (Lipinski definition) is 0. The zero-order valence-electron chi connectivity index (χ0n) is 13.9. The minimum absolute atomic E-state index is 0.433. The Balaban J connectivity index is 1.82. The quantitative estimate of drug-likeness (QED) is 0.691. The van der Waals surface area contributed by atoms with Gasteiger partial charge in [-0.05, 0) is 78.0 Å². The number of hydrogen-bond acceptors (Lipinski definition) is 1. The van der Waals surface area contributed by atoms with Crippen LogP contribution in [-0.2, 0) is 18.3 Å². The molecule has 4 aliphatic rings. The van der Waals surface area contributed by atoms with E-state index in [2.05, 4.69) is 38.1 Å². The van der Waals surface area contributed by atoms with Gasteiger partial charge in [0.25, 0.3) is 0 Å². The molecule has 1 saturated carbocycles. The van der Waals surface area contributed by atoms with Gasteiger partial charge in [-0.15, -0.1) is 0 Å². The van der Waals surface area contributed by atoms with Crippen LogP contribution in [0.3, 0.4) is 0 Å². The van der Waals surface area contributed by atoms with E-state index >= 15 is 0 Å². The van der Waals surface area contributed by atoms with Crippen molar-refractivity contribution in [1.29, 1.82) is 0 Å². The molecule has 2 bridgehead atoms. The molecule has 1 aromatic rings. The van der Waals surface area contributed by atoms with Gasteiger partial charge in [-0.2, -0.15) is 0 Å². The van der Waals surface area contributed by atoms with Gasteiger partial charge in [0.2, 0.25) is 0 Å². The van der Waals surface area contributed by atoms with E-state index in [1.165, 1.54) is 25.7 Å². The lowest BCUT2D eigenvalue weighted by Gasteiger charge is -2.58. The van der Waals surface area contributed by atoms with Gasteiger partial charge >= 0.3 is 0 Å². The molecule has 1 spiro atoms. The van der Waals surface area contributed by atoms with Crippen molar-refractivity contribution in [3.63, 3.8) is 0 Å². The average molecular weight is 294 g/mol. The lowest BCUT2D eigenvalue weighted by Crippen LogP contribution is -2.54. The smallest absolute Gasteiger partial charge is 0.122 e. The van der Waals surface area contributed by atoms with Crippen molar-refractivity contribution < 1.29 is 4.74 Å². The van der Waals surface area contributed by atoms with Crippen molar-refractivity contribution in [2.45, 2.75) is 44.9 Å². The lowest BCUT2D eigenvalue weighted by molar-refractivity contribution is 0.0282. The molecule has 0 aliphatic heterocycles. The van der Waals surface area contributed by atoms with E-state index in [-0.39, 0.29) is 0 Å². The molecule has 0 N–H and O–H groups in total. The normalized spacial score (nSPS) is 43.9.